The van der Waals surface area contributed by atoms with E-state index < -0.39 is 0 Å². The lowest BCUT2D eigenvalue weighted by atomic mass is 9.87. The van der Waals surface area contributed by atoms with Gasteiger partial charge in [0.05, 0.1) is 25.5 Å². The summed E-state index contributed by atoms with van der Waals surface area (Å²) < 4.78 is 15.0. The van der Waals surface area contributed by atoms with Gasteiger partial charge in [0.15, 0.2) is 6.29 Å². The minimum absolute atomic E-state index is 0.242. The largest absolute Gasteiger partial charge is 0.348 e. The van der Waals surface area contributed by atoms with Crippen molar-refractivity contribution in [2.24, 2.45) is 0 Å². The molecule has 6 heteroatoms. The normalized spacial score (nSPS) is 18.4. The zero-order valence-electron chi connectivity index (χ0n) is 21.1. The molecule has 0 saturated carbocycles. The SMILES string of the molecule is CCc1cccc(CC)c1-c1nc(Br)c(CN(C)C2CCCc3ccccc32)n1CC1OCCO1. The molecule has 2 aliphatic rings. The van der Waals surface area contributed by atoms with Crippen LogP contribution in [0.3, 0.4) is 0 Å². The first-order chi connectivity index (χ1) is 17.1. The summed E-state index contributed by atoms with van der Waals surface area (Å²) in [6, 6.07) is 16.0. The summed E-state index contributed by atoms with van der Waals surface area (Å²) in [6.07, 6.45) is 5.28. The number of benzene rings is 2. The summed E-state index contributed by atoms with van der Waals surface area (Å²) in [5.74, 6) is 1.01. The van der Waals surface area contributed by atoms with Gasteiger partial charge >= 0.3 is 0 Å². The van der Waals surface area contributed by atoms with Crippen LogP contribution >= 0.6 is 15.9 Å². The first-order valence-electron chi connectivity index (χ1n) is 13.0. The lowest BCUT2D eigenvalue weighted by molar-refractivity contribution is -0.0528. The topological polar surface area (TPSA) is 39.5 Å². The van der Waals surface area contributed by atoms with E-state index in [9.17, 15) is 0 Å². The molecule has 1 unspecified atom stereocenters. The fourth-order valence-electron chi connectivity index (χ4n) is 5.72. The Morgan fingerprint density at radius 1 is 1.03 bits per heavy atom. The van der Waals surface area contributed by atoms with Gasteiger partial charge in [0.1, 0.15) is 10.4 Å². The molecule has 5 nitrogen and oxygen atoms in total. The monoisotopic (exact) mass is 537 g/mol. The van der Waals surface area contributed by atoms with E-state index in [1.54, 1.807) is 0 Å². The summed E-state index contributed by atoms with van der Waals surface area (Å²) in [6.45, 7) is 7.18. The van der Waals surface area contributed by atoms with Gasteiger partial charge in [0.25, 0.3) is 0 Å². The maximum Gasteiger partial charge on any atom is 0.175 e. The number of rotatable bonds is 8. The lowest BCUT2D eigenvalue weighted by Gasteiger charge is -2.33. The summed E-state index contributed by atoms with van der Waals surface area (Å²) in [7, 11) is 2.25. The van der Waals surface area contributed by atoms with E-state index in [0.29, 0.717) is 25.8 Å². The van der Waals surface area contributed by atoms with Crippen molar-refractivity contribution in [3.05, 3.63) is 75.0 Å². The maximum absolute atomic E-state index is 5.89. The number of aromatic nitrogens is 2. The number of ether oxygens (including phenoxy) is 2. The Hall–Kier alpha value is -1.99. The average Bonchev–Trinajstić information content (AvgIpc) is 3.51. The first-order valence-corrected chi connectivity index (χ1v) is 13.8. The van der Waals surface area contributed by atoms with Crippen molar-refractivity contribution < 1.29 is 9.47 Å². The predicted octanol–water partition coefficient (Wildman–Crippen LogP) is 6.32. The highest BCUT2D eigenvalue weighted by atomic mass is 79.9. The van der Waals surface area contributed by atoms with Gasteiger partial charge in [-0.05, 0) is 77.3 Å². The molecule has 1 saturated heterocycles. The second-order valence-corrected chi connectivity index (χ2v) is 10.4. The zero-order valence-corrected chi connectivity index (χ0v) is 22.7. The fraction of sp³-hybridized carbons (Fsp3) is 0.483. The Labute approximate surface area is 217 Å². The molecular formula is C29H36BrN3O2. The first kappa shape index (κ1) is 24.7. The predicted molar refractivity (Wildman–Crippen MR) is 143 cm³/mol. The van der Waals surface area contributed by atoms with Crippen LogP contribution in [0.1, 0.15) is 60.7 Å². The third kappa shape index (κ3) is 4.99. The third-order valence-corrected chi connectivity index (χ3v) is 8.17. The number of aryl methyl sites for hydroxylation is 3. The van der Waals surface area contributed by atoms with Gasteiger partial charge in [-0.3, -0.25) is 4.90 Å². The number of halogens is 1. The molecule has 186 valence electrons. The summed E-state index contributed by atoms with van der Waals surface area (Å²) >= 11 is 3.85. The van der Waals surface area contributed by atoms with Gasteiger partial charge in [0.2, 0.25) is 0 Å². The number of hydrogen-bond donors (Lipinski definition) is 0. The van der Waals surface area contributed by atoms with Gasteiger partial charge in [-0.2, -0.15) is 0 Å². The van der Waals surface area contributed by atoms with Crippen molar-refractivity contribution in [3.8, 4) is 11.4 Å². The average molecular weight is 539 g/mol. The van der Waals surface area contributed by atoms with Gasteiger partial charge in [-0.15, -0.1) is 0 Å². The van der Waals surface area contributed by atoms with Crippen LogP contribution in [0.4, 0.5) is 0 Å². The van der Waals surface area contributed by atoms with E-state index >= 15 is 0 Å². The van der Waals surface area contributed by atoms with E-state index in [1.165, 1.54) is 52.8 Å². The van der Waals surface area contributed by atoms with Crippen LogP contribution < -0.4 is 0 Å². The maximum atomic E-state index is 5.89. The second kappa shape index (κ2) is 11.0. The molecule has 0 amide bonds. The van der Waals surface area contributed by atoms with Crippen LogP contribution in [0, 0.1) is 0 Å². The van der Waals surface area contributed by atoms with Crippen molar-refractivity contribution in [3.63, 3.8) is 0 Å². The van der Waals surface area contributed by atoms with E-state index in [0.717, 1.165) is 29.8 Å². The molecular weight excluding hydrogens is 502 g/mol. The van der Waals surface area contributed by atoms with Crippen LogP contribution in [-0.2, 0) is 41.8 Å². The summed E-state index contributed by atoms with van der Waals surface area (Å²) in [4.78, 5) is 7.61. The van der Waals surface area contributed by atoms with E-state index in [2.05, 4.69) is 88.8 Å². The summed E-state index contributed by atoms with van der Waals surface area (Å²) in [5.41, 5.74) is 8.05. The number of fused-ring (bicyclic) bond motifs is 1. The Bertz CT molecular complexity index is 1150. The molecule has 1 atom stereocenters. The van der Waals surface area contributed by atoms with Crippen LogP contribution in [0.2, 0.25) is 0 Å². The van der Waals surface area contributed by atoms with Crippen molar-refractivity contribution in [2.75, 3.05) is 20.3 Å². The van der Waals surface area contributed by atoms with Gasteiger partial charge in [0, 0.05) is 18.2 Å². The van der Waals surface area contributed by atoms with Crippen molar-refractivity contribution in [1.29, 1.82) is 0 Å². The summed E-state index contributed by atoms with van der Waals surface area (Å²) in [5, 5.41) is 0. The molecule has 2 heterocycles. The highest BCUT2D eigenvalue weighted by molar-refractivity contribution is 9.10. The van der Waals surface area contributed by atoms with Crippen molar-refractivity contribution in [2.45, 2.75) is 71.4 Å². The molecule has 2 aromatic carbocycles. The second-order valence-electron chi connectivity index (χ2n) is 9.63. The van der Waals surface area contributed by atoms with Crippen LogP contribution in [0.15, 0.2) is 47.1 Å². The minimum Gasteiger partial charge on any atom is -0.348 e. The number of hydrogen-bond acceptors (Lipinski definition) is 4. The van der Waals surface area contributed by atoms with Crippen molar-refractivity contribution >= 4 is 15.9 Å². The highest BCUT2D eigenvalue weighted by Crippen LogP contribution is 2.37. The molecule has 1 fully saturated rings. The van der Waals surface area contributed by atoms with E-state index in [1.807, 2.05) is 0 Å². The minimum atomic E-state index is -0.242. The molecule has 1 aliphatic heterocycles. The van der Waals surface area contributed by atoms with Gasteiger partial charge in [-0.25, -0.2) is 4.98 Å². The lowest BCUT2D eigenvalue weighted by Crippen LogP contribution is -2.29. The van der Waals surface area contributed by atoms with Crippen molar-refractivity contribution in [1.82, 2.24) is 14.5 Å². The van der Waals surface area contributed by atoms with Gasteiger partial charge in [-0.1, -0.05) is 56.3 Å². The molecule has 35 heavy (non-hydrogen) atoms. The van der Waals surface area contributed by atoms with E-state index in [4.69, 9.17) is 14.5 Å². The van der Waals surface area contributed by atoms with Crippen LogP contribution in [-0.4, -0.2) is 41.0 Å². The Morgan fingerprint density at radius 3 is 2.46 bits per heavy atom. The zero-order chi connectivity index (χ0) is 24.4. The van der Waals surface area contributed by atoms with E-state index in [-0.39, 0.29) is 6.29 Å². The fourth-order valence-corrected chi connectivity index (χ4v) is 6.23. The molecule has 0 radical (unpaired) electrons. The number of nitrogens with zero attached hydrogens (tertiary/aromatic N) is 3. The van der Waals surface area contributed by atoms with Crippen LogP contribution in [0.25, 0.3) is 11.4 Å². The molecule has 0 N–H and O–H groups in total. The molecule has 5 rings (SSSR count). The smallest absolute Gasteiger partial charge is 0.175 e. The molecule has 1 aliphatic carbocycles. The van der Waals surface area contributed by atoms with Gasteiger partial charge < -0.3 is 14.0 Å². The van der Waals surface area contributed by atoms with Crippen LogP contribution in [0.5, 0.6) is 0 Å². The Balaban J connectivity index is 1.55. The molecule has 0 spiro atoms. The quantitative estimate of drug-likeness (QED) is 0.337. The molecule has 3 aromatic rings. The number of imidazole rings is 1. The standard InChI is InChI=1S/C29H36BrN3O2/c1-4-20-11-8-12-21(5-2)27(20)29-31-28(30)25(33(29)19-26-34-16-17-35-26)18-32(3)24-15-9-13-22-10-6-7-14-23(22)24/h6-8,10-12,14,24,26H,4-5,9,13,15-19H2,1-3H3. The third-order valence-electron chi connectivity index (χ3n) is 7.54. The molecule has 0 bridgehead atoms. The highest BCUT2D eigenvalue weighted by Gasteiger charge is 2.29. The molecule has 1 aromatic heterocycles. The Morgan fingerprint density at radius 2 is 1.74 bits per heavy atom. The Kier molecular flexibility index (Phi) is 7.73.